The standard InChI is InChI=1S/C16H25NO/c1-5-8-13(6-2)14-9-7-10-15(11-14)17-16(18)12(3)4/h7,9-13H,5-6,8H2,1-4H3,(H,17,18). The summed E-state index contributed by atoms with van der Waals surface area (Å²) >= 11 is 0. The molecule has 18 heavy (non-hydrogen) atoms. The van der Waals surface area contributed by atoms with Gasteiger partial charge in [0.25, 0.3) is 0 Å². The lowest BCUT2D eigenvalue weighted by Gasteiger charge is -2.16. The number of hydrogen-bond acceptors (Lipinski definition) is 1. The molecule has 0 aliphatic rings. The predicted molar refractivity (Wildman–Crippen MR) is 77.8 cm³/mol. The molecule has 1 aromatic carbocycles. The second-order valence-electron chi connectivity index (χ2n) is 5.16. The van der Waals surface area contributed by atoms with Crippen molar-refractivity contribution in [3.8, 4) is 0 Å². The van der Waals surface area contributed by atoms with Crippen molar-refractivity contribution in [2.45, 2.75) is 52.9 Å². The number of carbonyl (C=O) groups excluding carboxylic acids is 1. The second-order valence-corrected chi connectivity index (χ2v) is 5.16. The highest BCUT2D eigenvalue weighted by molar-refractivity contribution is 5.92. The van der Waals surface area contributed by atoms with Crippen LogP contribution in [0.1, 0.15) is 58.4 Å². The van der Waals surface area contributed by atoms with Crippen LogP contribution in [0.3, 0.4) is 0 Å². The van der Waals surface area contributed by atoms with E-state index in [1.54, 1.807) is 0 Å². The number of rotatable bonds is 6. The maximum absolute atomic E-state index is 11.7. The average Bonchev–Trinajstić information content (AvgIpc) is 2.36. The monoisotopic (exact) mass is 247 g/mol. The first-order chi connectivity index (χ1) is 8.58. The SMILES string of the molecule is CCCC(CC)c1cccc(NC(=O)C(C)C)c1. The molecule has 1 unspecified atom stereocenters. The first kappa shape index (κ1) is 14.7. The Labute approximate surface area is 111 Å². The van der Waals surface area contributed by atoms with Crippen molar-refractivity contribution in [2.75, 3.05) is 5.32 Å². The largest absolute Gasteiger partial charge is 0.326 e. The number of nitrogens with one attached hydrogen (secondary N) is 1. The van der Waals surface area contributed by atoms with Gasteiger partial charge in [-0.1, -0.05) is 46.2 Å². The zero-order chi connectivity index (χ0) is 13.5. The van der Waals surface area contributed by atoms with Gasteiger partial charge in [-0.25, -0.2) is 0 Å². The third-order valence-electron chi connectivity index (χ3n) is 3.28. The highest BCUT2D eigenvalue weighted by atomic mass is 16.1. The molecule has 1 atom stereocenters. The Bertz CT molecular complexity index is 384. The third-order valence-corrected chi connectivity index (χ3v) is 3.28. The number of hydrogen-bond donors (Lipinski definition) is 1. The summed E-state index contributed by atoms with van der Waals surface area (Å²) in [5, 5.41) is 2.96. The summed E-state index contributed by atoms with van der Waals surface area (Å²) in [4.78, 5) is 11.7. The van der Waals surface area contributed by atoms with Crippen molar-refractivity contribution in [3.63, 3.8) is 0 Å². The van der Waals surface area contributed by atoms with Crippen LogP contribution in [0.15, 0.2) is 24.3 Å². The summed E-state index contributed by atoms with van der Waals surface area (Å²) in [5.41, 5.74) is 2.25. The van der Waals surface area contributed by atoms with Crippen LogP contribution in [0.5, 0.6) is 0 Å². The molecule has 1 aromatic rings. The summed E-state index contributed by atoms with van der Waals surface area (Å²) in [7, 11) is 0. The first-order valence-corrected chi connectivity index (χ1v) is 6.99. The summed E-state index contributed by atoms with van der Waals surface area (Å²) in [5.74, 6) is 0.702. The maximum atomic E-state index is 11.7. The topological polar surface area (TPSA) is 29.1 Å². The van der Waals surface area contributed by atoms with Gasteiger partial charge in [-0.3, -0.25) is 4.79 Å². The average molecular weight is 247 g/mol. The Kier molecular flexibility index (Phi) is 5.90. The van der Waals surface area contributed by atoms with E-state index < -0.39 is 0 Å². The van der Waals surface area contributed by atoms with E-state index in [1.165, 1.54) is 18.4 Å². The first-order valence-electron chi connectivity index (χ1n) is 6.99. The molecule has 1 rings (SSSR count). The number of amides is 1. The smallest absolute Gasteiger partial charge is 0.226 e. The van der Waals surface area contributed by atoms with Crippen LogP contribution < -0.4 is 5.32 Å². The lowest BCUT2D eigenvalue weighted by atomic mass is 9.92. The summed E-state index contributed by atoms with van der Waals surface area (Å²) in [6.45, 7) is 8.25. The molecule has 0 aliphatic carbocycles. The highest BCUT2D eigenvalue weighted by Gasteiger charge is 2.11. The van der Waals surface area contributed by atoms with Crippen molar-refractivity contribution in [2.24, 2.45) is 5.92 Å². The second kappa shape index (κ2) is 7.20. The molecule has 0 bridgehead atoms. The molecule has 0 saturated carbocycles. The summed E-state index contributed by atoms with van der Waals surface area (Å²) < 4.78 is 0. The third kappa shape index (κ3) is 4.17. The Morgan fingerprint density at radius 3 is 2.56 bits per heavy atom. The lowest BCUT2D eigenvalue weighted by molar-refractivity contribution is -0.118. The van der Waals surface area contributed by atoms with E-state index >= 15 is 0 Å². The molecule has 2 nitrogen and oxygen atoms in total. The van der Waals surface area contributed by atoms with E-state index in [4.69, 9.17) is 0 Å². The quantitative estimate of drug-likeness (QED) is 0.783. The minimum atomic E-state index is 0.0197. The molecule has 0 heterocycles. The van der Waals surface area contributed by atoms with Gasteiger partial charge in [-0.05, 0) is 36.5 Å². The predicted octanol–water partition coefficient (Wildman–Crippen LogP) is 4.57. The molecule has 0 fully saturated rings. The van der Waals surface area contributed by atoms with Crippen molar-refractivity contribution in [1.29, 1.82) is 0 Å². The van der Waals surface area contributed by atoms with Crippen molar-refractivity contribution >= 4 is 11.6 Å². The van der Waals surface area contributed by atoms with E-state index in [2.05, 4.69) is 31.3 Å². The van der Waals surface area contributed by atoms with E-state index in [0.717, 1.165) is 12.1 Å². The molecule has 0 aliphatic heterocycles. The van der Waals surface area contributed by atoms with Gasteiger partial charge in [-0.15, -0.1) is 0 Å². The van der Waals surface area contributed by atoms with E-state index in [-0.39, 0.29) is 11.8 Å². The minimum absolute atomic E-state index is 0.0197. The molecular formula is C16H25NO. The summed E-state index contributed by atoms with van der Waals surface area (Å²) in [6.07, 6.45) is 3.55. The van der Waals surface area contributed by atoms with Crippen molar-refractivity contribution in [1.82, 2.24) is 0 Å². The van der Waals surface area contributed by atoms with Crippen LogP contribution in [0.2, 0.25) is 0 Å². The van der Waals surface area contributed by atoms with E-state index in [9.17, 15) is 4.79 Å². The number of benzene rings is 1. The molecule has 2 heteroatoms. The molecule has 1 amide bonds. The molecular weight excluding hydrogens is 222 g/mol. The van der Waals surface area contributed by atoms with Crippen LogP contribution in [-0.2, 0) is 4.79 Å². The van der Waals surface area contributed by atoms with Crippen LogP contribution in [-0.4, -0.2) is 5.91 Å². The Hall–Kier alpha value is -1.31. The molecule has 1 N–H and O–H groups in total. The van der Waals surface area contributed by atoms with Gasteiger partial charge in [-0.2, -0.15) is 0 Å². The van der Waals surface area contributed by atoms with Crippen LogP contribution in [0.25, 0.3) is 0 Å². The van der Waals surface area contributed by atoms with Gasteiger partial charge in [0, 0.05) is 11.6 Å². The molecule has 100 valence electrons. The lowest BCUT2D eigenvalue weighted by Crippen LogP contribution is -2.17. The number of carbonyl (C=O) groups is 1. The van der Waals surface area contributed by atoms with Gasteiger partial charge in [0.05, 0.1) is 0 Å². The molecule has 0 radical (unpaired) electrons. The number of anilines is 1. The Morgan fingerprint density at radius 1 is 1.28 bits per heavy atom. The van der Waals surface area contributed by atoms with Gasteiger partial charge in [0.15, 0.2) is 0 Å². The fraction of sp³-hybridized carbons (Fsp3) is 0.562. The van der Waals surface area contributed by atoms with Crippen LogP contribution in [0, 0.1) is 5.92 Å². The van der Waals surface area contributed by atoms with E-state index in [1.807, 2.05) is 26.0 Å². The zero-order valence-electron chi connectivity index (χ0n) is 12.0. The van der Waals surface area contributed by atoms with Gasteiger partial charge in [0.1, 0.15) is 0 Å². The molecule has 0 spiro atoms. The van der Waals surface area contributed by atoms with Gasteiger partial charge < -0.3 is 5.32 Å². The maximum Gasteiger partial charge on any atom is 0.226 e. The normalized spacial score (nSPS) is 12.5. The van der Waals surface area contributed by atoms with Gasteiger partial charge in [0.2, 0.25) is 5.91 Å². The summed E-state index contributed by atoms with van der Waals surface area (Å²) in [6, 6.07) is 8.27. The minimum Gasteiger partial charge on any atom is -0.326 e. The zero-order valence-corrected chi connectivity index (χ0v) is 12.0. The van der Waals surface area contributed by atoms with E-state index in [0.29, 0.717) is 5.92 Å². The van der Waals surface area contributed by atoms with Gasteiger partial charge >= 0.3 is 0 Å². The van der Waals surface area contributed by atoms with Crippen LogP contribution in [0.4, 0.5) is 5.69 Å². The highest BCUT2D eigenvalue weighted by Crippen LogP contribution is 2.26. The molecule has 0 aromatic heterocycles. The van der Waals surface area contributed by atoms with Crippen LogP contribution >= 0.6 is 0 Å². The fourth-order valence-electron chi connectivity index (χ4n) is 2.11. The van der Waals surface area contributed by atoms with Crippen molar-refractivity contribution in [3.05, 3.63) is 29.8 Å². The molecule has 0 saturated heterocycles. The van der Waals surface area contributed by atoms with Crippen molar-refractivity contribution < 1.29 is 4.79 Å². The Morgan fingerprint density at radius 2 is 2.00 bits per heavy atom. The Balaban J connectivity index is 2.81. The fourth-order valence-corrected chi connectivity index (χ4v) is 2.11.